The zero-order chi connectivity index (χ0) is 14.3. The third-order valence-corrected chi connectivity index (χ3v) is 4.62. The normalized spacial score (nSPS) is 24.6. The first kappa shape index (κ1) is 13.3. The molecule has 5 nitrogen and oxygen atoms in total. The third-order valence-electron chi connectivity index (χ3n) is 4.12. The van der Waals surface area contributed by atoms with E-state index < -0.39 is 6.09 Å². The number of benzene rings is 1. The predicted molar refractivity (Wildman–Crippen MR) is 77.7 cm³/mol. The van der Waals surface area contributed by atoms with Gasteiger partial charge in [-0.3, -0.25) is 4.90 Å². The van der Waals surface area contributed by atoms with Gasteiger partial charge in [0, 0.05) is 17.6 Å². The molecule has 2 fully saturated rings. The molecule has 1 N–H and O–H groups in total. The van der Waals surface area contributed by atoms with Crippen molar-refractivity contribution in [1.82, 2.24) is 4.90 Å². The highest BCUT2D eigenvalue weighted by molar-refractivity contribution is 9.10. The number of anilines is 1. The summed E-state index contributed by atoms with van der Waals surface area (Å²) in [5.41, 5.74) is 1.53. The van der Waals surface area contributed by atoms with E-state index in [9.17, 15) is 15.2 Å². The number of nitrogens with zero attached hydrogens (tertiary/aromatic N) is 3. The van der Waals surface area contributed by atoms with Crippen LogP contribution in [0.15, 0.2) is 22.7 Å². The SMILES string of the molecule is N#Cc1cc(Br)ccc1N1CC2CCC(C1)N2C(=O)O. The first-order valence-electron chi connectivity index (χ1n) is 6.56. The smallest absolute Gasteiger partial charge is 0.407 e. The molecule has 104 valence electrons. The van der Waals surface area contributed by atoms with Gasteiger partial charge in [-0.15, -0.1) is 0 Å². The molecule has 2 saturated heterocycles. The van der Waals surface area contributed by atoms with Gasteiger partial charge in [0.25, 0.3) is 0 Å². The van der Waals surface area contributed by atoms with Gasteiger partial charge in [0.1, 0.15) is 6.07 Å². The zero-order valence-corrected chi connectivity index (χ0v) is 12.4. The first-order chi connectivity index (χ1) is 9.60. The van der Waals surface area contributed by atoms with E-state index in [1.807, 2.05) is 12.1 Å². The van der Waals surface area contributed by atoms with E-state index in [1.54, 1.807) is 11.0 Å². The van der Waals surface area contributed by atoms with Crippen LogP contribution in [0, 0.1) is 11.3 Å². The number of carbonyl (C=O) groups is 1. The highest BCUT2D eigenvalue weighted by atomic mass is 79.9. The van der Waals surface area contributed by atoms with E-state index in [4.69, 9.17) is 0 Å². The Morgan fingerprint density at radius 3 is 2.55 bits per heavy atom. The Labute approximate surface area is 125 Å². The van der Waals surface area contributed by atoms with Gasteiger partial charge in [-0.05, 0) is 31.0 Å². The number of halogens is 1. The second kappa shape index (κ2) is 4.98. The lowest BCUT2D eigenvalue weighted by Crippen LogP contribution is -2.55. The average molecular weight is 336 g/mol. The van der Waals surface area contributed by atoms with Crippen LogP contribution in [-0.4, -0.2) is 41.3 Å². The molecule has 3 rings (SSSR count). The third kappa shape index (κ3) is 2.12. The van der Waals surface area contributed by atoms with Gasteiger partial charge in [0.2, 0.25) is 0 Å². The summed E-state index contributed by atoms with van der Waals surface area (Å²) in [6.07, 6.45) is 0.992. The molecule has 2 aliphatic heterocycles. The molecule has 0 aliphatic carbocycles. The van der Waals surface area contributed by atoms with Crippen LogP contribution < -0.4 is 4.90 Å². The van der Waals surface area contributed by atoms with Crippen LogP contribution in [0.5, 0.6) is 0 Å². The standard InChI is InChI=1S/C14H14BrN3O2/c15-10-1-4-13(9(5-10)6-16)17-7-11-2-3-12(8-17)18(11)14(19)20/h1,4-5,11-12H,2-3,7-8H2,(H,19,20). The predicted octanol–water partition coefficient (Wildman–Crippen LogP) is 2.65. The van der Waals surface area contributed by atoms with Crippen molar-refractivity contribution in [2.45, 2.75) is 24.9 Å². The van der Waals surface area contributed by atoms with Crippen LogP contribution in [0.3, 0.4) is 0 Å². The van der Waals surface area contributed by atoms with E-state index in [-0.39, 0.29) is 12.1 Å². The number of nitriles is 1. The second-order valence-electron chi connectivity index (χ2n) is 5.25. The number of hydrogen-bond acceptors (Lipinski definition) is 3. The minimum Gasteiger partial charge on any atom is -0.465 e. The number of rotatable bonds is 1. The molecule has 0 aromatic heterocycles. The molecule has 0 spiro atoms. The Morgan fingerprint density at radius 1 is 1.35 bits per heavy atom. The minimum absolute atomic E-state index is 0.0430. The summed E-state index contributed by atoms with van der Waals surface area (Å²) in [6.45, 7) is 1.33. The van der Waals surface area contributed by atoms with Gasteiger partial charge in [0.15, 0.2) is 0 Å². The van der Waals surface area contributed by atoms with E-state index in [0.29, 0.717) is 18.7 Å². The van der Waals surface area contributed by atoms with Crippen molar-refractivity contribution in [3.8, 4) is 6.07 Å². The highest BCUT2D eigenvalue weighted by Gasteiger charge is 2.43. The number of piperazine rings is 1. The van der Waals surface area contributed by atoms with Crippen LogP contribution in [0.2, 0.25) is 0 Å². The molecule has 1 aromatic carbocycles. The van der Waals surface area contributed by atoms with Crippen LogP contribution in [0.25, 0.3) is 0 Å². The van der Waals surface area contributed by atoms with Crippen LogP contribution in [0.1, 0.15) is 18.4 Å². The van der Waals surface area contributed by atoms with Gasteiger partial charge >= 0.3 is 6.09 Å². The van der Waals surface area contributed by atoms with Crippen LogP contribution in [-0.2, 0) is 0 Å². The van der Waals surface area contributed by atoms with Crippen molar-refractivity contribution < 1.29 is 9.90 Å². The van der Waals surface area contributed by atoms with E-state index in [1.165, 1.54) is 0 Å². The van der Waals surface area contributed by atoms with Crippen LogP contribution >= 0.6 is 15.9 Å². The second-order valence-corrected chi connectivity index (χ2v) is 6.17. The van der Waals surface area contributed by atoms with E-state index >= 15 is 0 Å². The molecule has 2 heterocycles. The van der Waals surface area contributed by atoms with Crippen molar-refractivity contribution >= 4 is 27.7 Å². The van der Waals surface area contributed by atoms with Crippen molar-refractivity contribution in [2.24, 2.45) is 0 Å². The maximum absolute atomic E-state index is 11.3. The van der Waals surface area contributed by atoms with Crippen molar-refractivity contribution in [1.29, 1.82) is 5.26 Å². The van der Waals surface area contributed by atoms with Crippen molar-refractivity contribution in [2.75, 3.05) is 18.0 Å². The van der Waals surface area contributed by atoms with Gasteiger partial charge < -0.3 is 10.0 Å². The van der Waals surface area contributed by atoms with E-state index in [2.05, 4.69) is 26.9 Å². The van der Waals surface area contributed by atoms with Gasteiger partial charge in [-0.2, -0.15) is 5.26 Å². The molecule has 2 bridgehead atoms. The molecule has 2 aliphatic rings. The lowest BCUT2D eigenvalue weighted by molar-refractivity contribution is 0.115. The summed E-state index contributed by atoms with van der Waals surface area (Å²) in [6, 6.07) is 7.96. The molecule has 1 aromatic rings. The van der Waals surface area contributed by atoms with Gasteiger partial charge in [-0.25, -0.2) is 4.79 Å². The lowest BCUT2D eigenvalue weighted by atomic mass is 10.1. The number of amides is 1. The Balaban J connectivity index is 1.88. The molecule has 2 atom stereocenters. The largest absolute Gasteiger partial charge is 0.465 e. The Morgan fingerprint density at radius 2 is 2.00 bits per heavy atom. The number of carboxylic acid groups (broad SMARTS) is 1. The fourth-order valence-corrected chi connectivity index (χ4v) is 3.65. The van der Waals surface area contributed by atoms with Crippen molar-refractivity contribution in [3.63, 3.8) is 0 Å². The molecular weight excluding hydrogens is 322 g/mol. The van der Waals surface area contributed by atoms with Crippen LogP contribution in [0.4, 0.5) is 10.5 Å². The Bertz CT molecular complexity index is 585. The minimum atomic E-state index is -0.825. The fraction of sp³-hybridized carbons (Fsp3) is 0.429. The summed E-state index contributed by atoms with van der Waals surface area (Å²) in [5.74, 6) is 0. The maximum Gasteiger partial charge on any atom is 0.407 e. The lowest BCUT2D eigenvalue weighted by Gasteiger charge is -2.40. The fourth-order valence-electron chi connectivity index (χ4n) is 3.29. The first-order valence-corrected chi connectivity index (χ1v) is 7.35. The molecular formula is C14H14BrN3O2. The molecule has 0 saturated carbocycles. The maximum atomic E-state index is 11.3. The topological polar surface area (TPSA) is 67.6 Å². The highest BCUT2D eigenvalue weighted by Crippen LogP contribution is 2.34. The zero-order valence-electron chi connectivity index (χ0n) is 10.8. The Kier molecular flexibility index (Phi) is 3.30. The Hall–Kier alpha value is -1.74. The average Bonchev–Trinajstić information content (AvgIpc) is 2.70. The monoisotopic (exact) mass is 335 g/mol. The quantitative estimate of drug-likeness (QED) is 0.856. The van der Waals surface area contributed by atoms with Gasteiger partial charge in [0.05, 0.1) is 23.3 Å². The number of hydrogen-bond donors (Lipinski definition) is 1. The van der Waals surface area contributed by atoms with E-state index in [0.717, 1.165) is 23.0 Å². The van der Waals surface area contributed by atoms with Gasteiger partial charge in [-0.1, -0.05) is 15.9 Å². The molecule has 6 heteroatoms. The summed E-state index contributed by atoms with van der Waals surface area (Å²) >= 11 is 3.37. The summed E-state index contributed by atoms with van der Waals surface area (Å²) in [5, 5.41) is 18.5. The summed E-state index contributed by atoms with van der Waals surface area (Å²) < 4.78 is 0.880. The summed E-state index contributed by atoms with van der Waals surface area (Å²) in [7, 11) is 0. The summed E-state index contributed by atoms with van der Waals surface area (Å²) in [4.78, 5) is 15.0. The molecule has 20 heavy (non-hydrogen) atoms. The molecule has 1 amide bonds. The molecule has 2 unspecified atom stereocenters. The number of fused-ring (bicyclic) bond motifs is 2. The molecule has 0 radical (unpaired) electrons. The van der Waals surface area contributed by atoms with Crippen molar-refractivity contribution in [3.05, 3.63) is 28.2 Å².